The smallest absolute Gasteiger partial charge is 0.350 e. The SMILES string of the molecule is CN1CC[C@H]2C(c3ccc(S(=O)(=O)N(C)C)cc3)=CC3=C(NC(=O)/C3=N/O[C@H]3CCOC3=O)[C@@H]2C1. The van der Waals surface area contributed by atoms with Crippen LogP contribution in [0.5, 0.6) is 0 Å². The number of hydrogen-bond donors (Lipinski definition) is 1. The number of sulfonamides is 1. The average molecular weight is 501 g/mol. The summed E-state index contributed by atoms with van der Waals surface area (Å²) in [6.07, 6.45) is 2.42. The standard InChI is InChI=1S/C24H28N4O6S/c1-27(2)35(31,32)15-6-4-14(5-7-15)17-12-18-21(19-13-28(3)10-8-16(17)19)25-23(29)22(18)26-34-20-9-11-33-24(20)30/h4-7,12,16,19-20H,8-11,13H2,1-3H3,(H,25,26,29)/t16-,19+,20-/m0/s1. The molecule has 0 unspecified atom stereocenters. The second-order valence-corrected chi connectivity index (χ2v) is 11.6. The van der Waals surface area contributed by atoms with Crippen molar-refractivity contribution >= 4 is 33.2 Å². The van der Waals surface area contributed by atoms with E-state index in [4.69, 9.17) is 9.57 Å². The zero-order chi connectivity index (χ0) is 24.9. The fraction of sp³-hybridized carbons (Fsp3) is 0.458. The number of carbonyl (C=O) groups is 2. The molecule has 2 fully saturated rings. The summed E-state index contributed by atoms with van der Waals surface area (Å²) in [5, 5.41) is 7.06. The van der Waals surface area contributed by atoms with E-state index in [1.54, 1.807) is 12.1 Å². The highest BCUT2D eigenvalue weighted by Gasteiger charge is 2.43. The van der Waals surface area contributed by atoms with E-state index in [9.17, 15) is 18.0 Å². The van der Waals surface area contributed by atoms with Crippen LogP contribution in [0, 0.1) is 11.8 Å². The number of allylic oxidation sites excluding steroid dienone is 2. The molecule has 2 saturated heterocycles. The first-order valence-electron chi connectivity index (χ1n) is 11.6. The van der Waals surface area contributed by atoms with E-state index in [0.717, 1.165) is 36.3 Å². The van der Waals surface area contributed by atoms with Crippen molar-refractivity contribution in [1.82, 2.24) is 14.5 Å². The van der Waals surface area contributed by atoms with Gasteiger partial charge in [-0.25, -0.2) is 17.5 Å². The number of nitrogens with one attached hydrogen (secondary N) is 1. The Labute approximate surface area is 204 Å². The summed E-state index contributed by atoms with van der Waals surface area (Å²) in [6, 6.07) is 6.85. The van der Waals surface area contributed by atoms with E-state index in [2.05, 4.69) is 22.4 Å². The molecule has 3 atom stereocenters. The summed E-state index contributed by atoms with van der Waals surface area (Å²) in [5.41, 5.74) is 3.53. The number of esters is 1. The summed E-state index contributed by atoms with van der Waals surface area (Å²) in [4.78, 5) is 32.5. The number of likely N-dealkylation sites (tertiary alicyclic amines) is 1. The van der Waals surface area contributed by atoms with Gasteiger partial charge in [-0.05, 0) is 55.3 Å². The molecular weight excluding hydrogens is 472 g/mol. The molecule has 10 nitrogen and oxygen atoms in total. The van der Waals surface area contributed by atoms with Gasteiger partial charge < -0.3 is 19.8 Å². The van der Waals surface area contributed by atoms with Crippen LogP contribution in [-0.2, 0) is 29.2 Å². The molecule has 4 aliphatic rings. The van der Waals surface area contributed by atoms with Gasteiger partial charge >= 0.3 is 5.97 Å². The Hall–Kier alpha value is -3.02. The topological polar surface area (TPSA) is 118 Å². The predicted octanol–water partition coefficient (Wildman–Crippen LogP) is 0.974. The van der Waals surface area contributed by atoms with Gasteiger partial charge in [-0.3, -0.25) is 4.79 Å². The van der Waals surface area contributed by atoms with Gasteiger partial charge in [0.15, 0.2) is 5.71 Å². The minimum Gasteiger partial charge on any atom is -0.463 e. The Kier molecular flexibility index (Phi) is 6.02. The highest BCUT2D eigenvalue weighted by atomic mass is 32.2. The Balaban J connectivity index is 1.53. The minimum atomic E-state index is -3.54. The number of carbonyl (C=O) groups excluding carboxylic acids is 2. The number of oxime groups is 1. The first-order chi connectivity index (χ1) is 16.7. The molecule has 0 saturated carbocycles. The van der Waals surface area contributed by atoms with E-state index >= 15 is 0 Å². The molecule has 35 heavy (non-hydrogen) atoms. The zero-order valence-electron chi connectivity index (χ0n) is 19.9. The molecule has 3 aliphatic heterocycles. The molecule has 186 valence electrons. The van der Waals surface area contributed by atoms with Gasteiger partial charge in [0.25, 0.3) is 5.91 Å². The zero-order valence-corrected chi connectivity index (χ0v) is 20.7. The average Bonchev–Trinajstić information content (AvgIpc) is 3.38. The second-order valence-electron chi connectivity index (χ2n) is 9.45. The summed E-state index contributed by atoms with van der Waals surface area (Å²) in [5.74, 6) is -0.643. The number of fused-ring (bicyclic) bond motifs is 2. The van der Waals surface area contributed by atoms with Crippen LogP contribution < -0.4 is 5.32 Å². The number of nitrogens with zero attached hydrogens (tertiary/aromatic N) is 3. The molecule has 1 amide bonds. The number of cyclic esters (lactones) is 1. The first-order valence-corrected chi connectivity index (χ1v) is 13.0. The molecule has 5 rings (SSSR count). The molecule has 0 aromatic heterocycles. The van der Waals surface area contributed by atoms with Crippen molar-refractivity contribution in [3.8, 4) is 0 Å². The first kappa shape index (κ1) is 23.7. The number of rotatable bonds is 5. The van der Waals surface area contributed by atoms with Crippen molar-refractivity contribution in [2.75, 3.05) is 40.8 Å². The Morgan fingerprint density at radius 1 is 1.14 bits per heavy atom. The number of piperidine rings is 1. The third-order valence-electron chi connectivity index (χ3n) is 7.02. The third-order valence-corrected chi connectivity index (χ3v) is 8.85. The maximum atomic E-state index is 12.9. The van der Waals surface area contributed by atoms with Crippen LogP contribution in [0.15, 0.2) is 51.7 Å². The lowest BCUT2D eigenvalue weighted by Crippen LogP contribution is -2.42. The van der Waals surface area contributed by atoms with Gasteiger partial charge in [0, 0.05) is 44.2 Å². The lowest BCUT2D eigenvalue weighted by atomic mass is 9.72. The Bertz CT molecular complexity index is 1270. The summed E-state index contributed by atoms with van der Waals surface area (Å²) in [6.45, 7) is 1.95. The van der Waals surface area contributed by atoms with E-state index in [1.807, 2.05) is 18.2 Å². The number of benzene rings is 1. The highest BCUT2D eigenvalue weighted by molar-refractivity contribution is 7.89. The van der Waals surface area contributed by atoms with Crippen molar-refractivity contribution in [3.05, 3.63) is 47.2 Å². The molecule has 0 bridgehead atoms. The largest absolute Gasteiger partial charge is 0.463 e. The number of hydrogen-bond acceptors (Lipinski definition) is 8. The number of ether oxygens (including phenoxy) is 1. The van der Waals surface area contributed by atoms with Crippen molar-refractivity contribution in [3.63, 3.8) is 0 Å². The lowest BCUT2D eigenvalue weighted by Gasteiger charge is -2.41. The van der Waals surface area contributed by atoms with Crippen LogP contribution in [0.1, 0.15) is 18.4 Å². The van der Waals surface area contributed by atoms with Crippen LogP contribution in [0.2, 0.25) is 0 Å². The van der Waals surface area contributed by atoms with Crippen LogP contribution >= 0.6 is 0 Å². The fourth-order valence-corrected chi connectivity index (χ4v) is 5.99. The molecule has 3 heterocycles. The maximum Gasteiger partial charge on any atom is 0.350 e. The van der Waals surface area contributed by atoms with Crippen LogP contribution in [-0.4, -0.2) is 82.2 Å². The predicted molar refractivity (Wildman–Crippen MR) is 127 cm³/mol. The molecule has 1 aromatic carbocycles. The highest BCUT2D eigenvalue weighted by Crippen LogP contribution is 2.45. The van der Waals surface area contributed by atoms with Gasteiger partial charge in [-0.15, -0.1) is 0 Å². The summed E-state index contributed by atoms with van der Waals surface area (Å²) < 4.78 is 31.1. The molecule has 1 N–H and O–H groups in total. The maximum absolute atomic E-state index is 12.9. The van der Waals surface area contributed by atoms with Crippen molar-refractivity contribution in [2.24, 2.45) is 17.0 Å². The van der Waals surface area contributed by atoms with Crippen molar-refractivity contribution in [1.29, 1.82) is 0 Å². The van der Waals surface area contributed by atoms with Crippen LogP contribution in [0.25, 0.3) is 5.57 Å². The van der Waals surface area contributed by atoms with Gasteiger partial charge in [-0.2, -0.15) is 0 Å². The van der Waals surface area contributed by atoms with Gasteiger partial charge in [0.1, 0.15) is 0 Å². The minimum absolute atomic E-state index is 0.0435. The quantitative estimate of drug-likeness (QED) is 0.473. The monoisotopic (exact) mass is 500 g/mol. The van der Waals surface area contributed by atoms with Crippen LogP contribution in [0.4, 0.5) is 0 Å². The van der Waals surface area contributed by atoms with E-state index in [-0.39, 0.29) is 35.0 Å². The van der Waals surface area contributed by atoms with E-state index in [0.29, 0.717) is 12.0 Å². The number of amides is 1. The molecule has 1 aliphatic carbocycles. The van der Waals surface area contributed by atoms with Gasteiger partial charge in [0.2, 0.25) is 16.1 Å². The third kappa shape index (κ3) is 4.17. The lowest BCUT2D eigenvalue weighted by molar-refractivity contribution is -0.147. The van der Waals surface area contributed by atoms with Crippen molar-refractivity contribution in [2.45, 2.75) is 23.8 Å². The van der Waals surface area contributed by atoms with E-state index < -0.39 is 22.1 Å². The molecule has 11 heteroatoms. The van der Waals surface area contributed by atoms with Crippen LogP contribution in [0.3, 0.4) is 0 Å². The van der Waals surface area contributed by atoms with Crippen molar-refractivity contribution < 1.29 is 27.6 Å². The van der Waals surface area contributed by atoms with E-state index in [1.165, 1.54) is 18.4 Å². The second kappa shape index (κ2) is 8.89. The Morgan fingerprint density at radius 2 is 1.89 bits per heavy atom. The van der Waals surface area contributed by atoms with Gasteiger partial charge in [-0.1, -0.05) is 17.3 Å². The molecule has 0 spiro atoms. The molecule has 1 aromatic rings. The summed E-state index contributed by atoms with van der Waals surface area (Å²) >= 11 is 0. The van der Waals surface area contributed by atoms with Gasteiger partial charge in [0.05, 0.1) is 11.5 Å². The Morgan fingerprint density at radius 3 is 2.54 bits per heavy atom. The normalized spacial score (nSPS) is 28.1. The fourth-order valence-electron chi connectivity index (χ4n) is 5.09. The molecular formula is C24H28N4O6S. The summed E-state index contributed by atoms with van der Waals surface area (Å²) in [7, 11) is 1.52. The molecule has 0 radical (unpaired) electrons.